The lowest BCUT2D eigenvalue weighted by molar-refractivity contribution is -0.115. The molecular weight excluding hydrogens is 470 g/mol. The molecule has 0 radical (unpaired) electrons. The van der Waals surface area contributed by atoms with Crippen LogP contribution in [0.25, 0.3) is 22.9 Å². The maximum absolute atomic E-state index is 12.0. The van der Waals surface area contributed by atoms with E-state index in [9.17, 15) is 9.59 Å². The van der Waals surface area contributed by atoms with Gasteiger partial charge in [-0.3, -0.25) is 10.1 Å². The monoisotopic (exact) mass is 495 g/mol. The van der Waals surface area contributed by atoms with E-state index in [2.05, 4.69) is 60.6 Å². The van der Waals surface area contributed by atoms with Gasteiger partial charge in [0.2, 0.25) is 11.9 Å². The quantitative estimate of drug-likeness (QED) is 0.185. The molecule has 0 unspecified atom stereocenters. The first kappa shape index (κ1) is 22.7. The number of aromatic nitrogens is 4. The van der Waals surface area contributed by atoms with E-state index in [-0.39, 0.29) is 5.70 Å². The average molecular weight is 496 g/mol. The predicted octanol–water partition coefficient (Wildman–Crippen LogP) is 2.62. The van der Waals surface area contributed by atoms with Crippen LogP contribution in [0.15, 0.2) is 60.4 Å². The van der Waals surface area contributed by atoms with E-state index < -0.39 is 11.9 Å². The van der Waals surface area contributed by atoms with E-state index in [1.54, 1.807) is 16.8 Å². The van der Waals surface area contributed by atoms with Crippen molar-refractivity contribution in [2.45, 2.75) is 32.0 Å². The molecule has 186 valence electrons. The minimum Gasteiger partial charge on any atom is -0.351 e. The van der Waals surface area contributed by atoms with Gasteiger partial charge < -0.3 is 21.7 Å². The summed E-state index contributed by atoms with van der Waals surface area (Å²) in [5.41, 5.74) is 11.4. The molecule has 2 aromatic heterocycles. The highest BCUT2D eigenvalue weighted by molar-refractivity contribution is 6.14. The molecule has 4 aromatic rings. The van der Waals surface area contributed by atoms with Crippen LogP contribution in [0.4, 0.5) is 16.7 Å². The van der Waals surface area contributed by atoms with Crippen molar-refractivity contribution in [3.8, 4) is 11.1 Å². The maximum Gasteiger partial charge on any atom is 0.326 e. The van der Waals surface area contributed by atoms with Crippen LogP contribution in [0.2, 0.25) is 0 Å². The minimum absolute atomic E-state index is 0.138. The smallest absolute Gasteiger partial charge is 0.326 e. The van der Waals surface area contributed by atoms with Gasteiger partial charge in [-0.15, -0.1) is 0 Å². The summed E-state index contributed by atoms with van der Waals surface area (Å²) in [5.74, 6) is 0.485. The van der Waals surface area contributed by atoms with Crippen molar-refractivity contribution < 1.29 is 9.59 Å². The Morgan fingerprint density at radius 2 is 1.86 bits per heavy atom. The van der Waals surface area contributed by atoms with Gasteiger partial charge in [-0.2, -0.15) is 19.6 Å². The summed E-state index contributed by atoms with van der Waals surface area (Å²) in [7, 11) is 0. The molecule has 37 heavy (non-hydrogen) atoms. The molecule has 3 heterocycles. The number of nitrogens with one attached hydrogen (secondary N) is 4. The highest BCUT2D eigenvalue weighted by atomic mass is 16.2. The van der Waals surface area contributed by atoms with Crippen LogP contribution in [-0.2, 0) is 17.9 Å². The van der Waals surface area contributed by atoms with Crippen molar-refractivity contribution >= 4 is 35.6 Å². The standard InChI is InChI=1S/C26H25N9O2/c27-12-15-5-7-16(8-6-15)20-4-2-1-3-17(20)13-28-24-32-22-18(11-21-23(36)33-26(37)31-21)14-29-35(22)25(34-24)30-19-9-10-19/h1-8,11,14,19H,9-10,12-13,27H2,(H2,28,30,32,34)(H2,31,33,36,37)/b21-11-. The largest absolute Gasteiger partial charge is 0.351 e. The summed E-state index contributed by atoms with van der Waals surface area (Å²) in [5, 5.41) is 15.9. The second-order valence-corrected chi connectivity index (χ2v) is 9.00. The van der Waals surface area contributed by atoms with Crippen molar-refractivity contribution in [3.63, 3.8) is 0 Å². The lowest BCUT2D eigenvalue weighted by Crippen LogP contribution is -2.22. The highest BCUT2D eigenvalue weighted by Crippen LogP contribution is 2.27. The molecular formula is C26H25N9O2. The molecule has 1 saturated heterocycles. The minimum atomic E-state index is -0.558. The molecule has 3 amide bonds. The van der Waals surface area contributed by atoms with Gasteiger partial charge in [-0.25, -0.2) is 4.79 Å². The third-order valence-electron chi connectivity index (χ3n) is 6.28. The van der Waals surface area contributed by atoms with Crippen molar-refractivity contribution in [1.82, 2.24) is 30.2 Å². The fourth-order valence-electron chi connectivity index (χ4n) is 4.17. The first-order valence-electron chi connectivity index (χ1n) is 12.0. The zero-order valence-corrected chi connectivity index (χ0v) is 19.9. The summed E-state index contributed by atoms with van der Waals surface area (Å²) < 4.78 is 1.61. The van der Waals surface area contributed by atoms with Crippen LogP contribution >= 0.6 is 0 Å². The van der Waals surface area contributed by atoms with Crippen LogP contribution in [0, 0.1) is 0 Å². The Morgan fingerprint density at radius 1 is 1.05 bits per heavy atom. The summed E-state index contributed by atoms with van der Waals surface area (Å²) in [6, 6.07) is 16.2. The van der Waals surface area contributed by atoms with Crippen molar-refractivity contribution in [2.24, 2.45) is 5.73 Å². The topological polar surface area (TPSA) is 151 Å². The highest BCUT2D eigenvalue weighted by Gasteiger charge is 2.26. The fourth-order valence-corrected chi connectivity index (χ4v) is 4.17. The van der Waals surface area contributed by atoms with Gasteiger partial charge >= 0.3 is 6.03 Å². The Balaban J connectivity index is 1.32. The van der Waals surface area contributed by atoms with Gasteiger partial charge in [0, 0.05) is 24.7 Å². The molecule has 11 heteroatoms. The SMILES string of the molecule is NCc1ccc(-c2ccccc2CNc2nc(NC3CC3)n3ncc(/C=C4\NC(=O)NC4=O)c3n2)cc1. The van der Waals surface area contributed by atoms with Crippen molar-refractivity contribution in [1.29, 1.82) is 0 Å². The number of imide groups is 1. The number of carbonyl (C=O) groups is 2. The maximum atomic E-state index is 12.0. The number of anilines is 2. The van der Waals surface area contributed by atoms with Gasteiger partial charge in [0.1, 0.15) is 5.70 Å². The molecule has 1 saturated carbocycles. The van der Waals surface area contributed by atoms with Crippen molar-refractivity contribution in [3.05, 3.63) is 77.1 Å². The number of benzene rings is 2. The second-order valence-electron chi connectivity index (χ2n) is 9.00. The van der Waals surface area contributed by atoms with Gasteiger partial charge in [-0.05, 0) is 41.2 Å². The molecule has 0 atom stereocenters. The second kappa shape index (κ2) is 9.36. The van der Waals surface area contributed by atoms with E-state index in [0.29, 0.717) is 42.2 Å². The summed E-state index contributed by atoms with van der Waals surface area (Å²) >= 11 is 0. The van der Waals surface area contributed by atoms with Crippen molar-refractivity contribution in [2.75, 3.05) is 10.6 Å². The molecule has 6 N–H and O–H groups in total. The zero-order chi connectivity index (χ0) is 25.4. The number of amides is 3. The molecule has 2 fully saturated rings. The molecule has 0 bridgehead atoms. The van der Waals surface area contributed by atoms with Crippen LogP contribution in [0.3, 0.4) is 0 Å². The molecule has 0 spiro atoms. The number of hydrogen-bond donors (Lipinski definition) is 5. The molecule has 2 aliphatic rings. The average Bonchev–Trinajstić information content (AvgIpc) is 3.55. The molecule has 11 nitrogen and oxygen atoms in total. The first-order valence-corrected chi connectivity index (χ1v) is 12.0. The first-order chi connectivity index (χ1) is 18.1. The van der Waals surface area contributed by atoms with Crippen LogP contribution in [0.1, 0.15) is 29.5 Å². The lowest BCUT2D eigenvalue weighted by Gasteiger charge is -2.13. The number of urea groups is 1. The van der Waals surface area contributed by atoms with Crippen LogP contribution in [0.5, 0.6) is 0 Å². The Hall–Kier alpha value is -4.77. The fraction of sp³-hybridized carbons (Fsp3) is 0.192. The predicted molar refractivity (Wildman–Crippen MR) is 139 cm³/mol. The number of nitrogens with two attached hydrogens (primary N) is 1. The van der Waals surface area contributed by atoms with E-state index in [1.165, 1.54) is 0 Å². The van der Waals surface area contributed by atoms with Gasteiger partial charge in [0.15, 0.2) is 5.65 Å². The zero-order valence-electron chi connectivity index (χ0n) is 19.9. The number of fused-ring (bicyclic) bond motifs is 1. The number of nitrogens with zero attached hydrogens (tertiary/aromatic N) is 4. The van der Waals surface area contributed by atoms with Gasteiger partial charge in [0.05, 0.1) is 6.20 Å². The Labute approximate surface area is 212 Å². The normalized spacial score (nSPS) is 16.2. The molecule has 1 aliphatic heterocycles. The summed E-state index contributed by atoms with van der Waals surface area (Å²) in [4.78, 5) is 32.9. The van der Waals surface area contributed by atoms with E-state index in [1.807, 2.05) is 24.3 Å². The Morgan fingerprint density at radius 3 is 2.59 bits per heavy atom. The third-order valence-corrected chi connectivity index (χ3v) is 6.28. The third kappa shape index (κ3) is 4.71. The summed E-state index contributed by atoms with van der Waals surface area (Å²) in [6.45, 7) is 1.00. The Bertz CT molecular complexity index is 1540. The van der Waals surface area contributed by atoms with E-state index >= 15 is 0 Å². The van der Waals surface area contributed by atoms with Crippen LogP contribution < -0.4 is 27.0 Å². The molecule has 2 aromatic carbocycles. The number of hydrogen-bond acceptors (Lipinski definition) is 8. The summed E-state index contributed by atoms with van der Waals surface area (Å²) in [6.07, 6.45) is 5.28. The van der Waals surface area contributed by atoms with Crippen LogP contribution in [-0.4, -0.2) is 37.6 Å². The molecule has 6 rings (SSSR count). The lowest BCUT2D eigenvalue weighted by atomic mass is 9.98. The number of carbonyl (C=O) groups excluding carboxylic acids is 2. The van der Waals surface area contributed by atoms with E-state index in [4.69, 9.17) is 5.73 Å². The Kier molecular flexibility index (Phi) is 5.73. The molecule has 1 aliphatic carbocycles. The van der Waals surface area contributed by atoms with E-state index in [0.717, 1.165) is 35.1 Å². The number of rotatable bonds is 8. The van der Waals surface area contributed by atoms with Gasteiger partial charge in [-0.1, -0.05) is 48.5 Å². The van der Waals surface area contributed by atoms with Gasteiger partial charge in [0.25, 0.3) is 5.91 Å².